The quantitative estimate of drug-likeness (QED) is 0.436. The molecule has 0 fully saturated rings. The molecule has 0 radical (unpaired) electrons. The van der Waals surface area contributed by atoms with Crippen LogP contribution in [-0.4, -0.2) is 25.7 Å². The number of methoxy groups -OCH3 is 1. The van der Waals surface area contributed by atoms with Crippen LogP contribution in [0.15, 0.2) is 85.1 Å². The predicted octanol–water partition coefficient (Wildman–Crippen LogP) is 4.84. The Balaban J connectivity index is 1.99. The number of carbonyl (C=O) groups excluding carboxylic acids is 1. The van der Waals surface area contributed by atoms with Gasteiger partial charge in [-0.3, -0.25) is 10.2 Å². The van der Waals surface area contributed by atoms with Crippen molar-refractivity contribution in [3.63, 3.8) is 0 Å². The summed E-state index contributed by atoms with van der Waals surface area (Å²) in [5.41, 5.74) is 2.25. The van der Waals surface area contributed by atoms with Gasteiger partial charge in [0.05, 0.1) is 7.11 Å². The molecule has 3 aromatic carbocycles. The molecule has 158 valence electrons. The Labute approximate surface area is 181 Å². The summed E-state index contributed by atoms with van der Waals surface area (Å²) in [6, 6.07) is 21.2. The maximum absolute atomic E-state index is 13.5. The number of hydrogen-bond donors (Lipinski definition) is 3. The van der Waals surface area contributed by atoms with Crippen LogP contribution in [0.2, 0.25) is 0 Å². The lowest BCUT2D eigenvalue weighted by atomic mass is 9.92. The highest BCUT2D eigenvalue weighted by molar-refractivity contribution is 6.56. The molecule has 3 aromatic rings. The molecule has 3 N–H and O–H groups in total. The summed E-state index contributed by atoms with van der Waals surface area (Å²) in [5, 5.41) is 14.8. The predicted molar refractivity (Wildman–Crippen MR) is 122 cm³/mol. The van der Waals surface area contributed by atoms with E-state index in [4.69, 9.17) is 10.1 Å². The molecule has 0 bridgehead atoms. The number of Topliss-reactive ketones (excluding diaryl/α,β-unsaturated/α-hetero) is 1. The van der Waals surface area contributed by atoms with Crippen LogP contribution in [0.3, 0.4) is 0 Å². The maximum atomic E-state index is 13.5. The van der Waals surface area contributed by atoms with Gasteiger partial charge in [0.1, 0.15) is 23.3 Å². The summed E-state index contributed by atoms with van der Waals surface area (Å²) in [6.07, 6.45) is 1.63. The second-order valence-corrected chi connectivity index (χ2v) is 6.81. The van der Waals surface area contributed by atoms with Crippen LogP contribution in [-0.2, 0) is 4.79 Å². The van der Waals surface area contributed by atoms with E-state index in [0.717, 1.165) is 5.56 Å². The monoisotopic (exact) mass is 417 g/mol. The third kappa shape index (κ3) is 5.36. The van der Waals surface area contributed by atoms with Crippen LogP contribution in [0.25, 0.3) is 5.57 Å². The highest BCUT2D eigenvalue weighted by Crippen LogP contribution is 2.26. The number of benzene rings is 3. The lowest BCUT2D eigenvalue weighted by Crippen LogP contribution is -2.28. The molecule has 1 unspecified atom stereocenters. The van der Waals surface area contributed by atoms with Crippen LogP contribution >= 0.6 is 0 Å². The molecule has 0 saturated carbocycles. The maximum Gasteiger partial charge on any atom is 0.207 e. The molecule has 3 rings (SSSR count). The van der Waals surface area contributed by atoms with Crippen LogP contribution < -0.4 is 15.4 Å². The minimum Gasteiger partial charge on any atom is -0.497 e. The molecule has 0 aliphatic heterocycles. The number of hydrogen-bond acceptors (Lipinski definition) is 5. The van der Waals surface area contributed by atoms with Crippen molar-refractivity contribution in [1.82, 2.24) is 5.32 Å². The molecule has 0 saturated heterocycles. The van der Waals surface area contributed by atoms with Crippen molar-refractivity contribution in [1.29, 1.82) is 5.41 Å². The van der Waals surface area contributed by atoms with Crippen molar-refractivity contribution in [2.75, 3.05) is 19.5 Å². The van der Waals surface area contributed by atoms with Gasteiger partial charge in [0, 0.05) is 30.6 Å². The highest BCUT2D eigenvalue weighted by atomic mass is 19.1. The number of rotatable bonds is 9. The molecule has 0 aromatic heterocycles. The van der Waals surface area contributed by atoms with Gasteiger partial charge in [-0.2, -0.15) is 0 Å². The molecular formula is C25H24FN3O2. The standard InChI is InChI=1S/C25H24FN3O2/c1-28-16-22(17-7-4-3-5-8-17)23(27)25(30)24(18-11-13-19(26)14-12-18)29-20-9-6-10-21(15-20)31-2/h3-16,24,27-29H,1-2H3/b22-16-,27-23?. The number of anilines is 1. The number of ether oxygens (including phenoxy) is 1. The zero-order valence-corrected chi connectivity index (χ0v) is 17.4. The van der Waals surface area contributed by atoms with E-state index in [0.29, 0.717) is 22.6 Å². The van der Waals surface area contributed by atoms with Crippen molar-refractivity contribution >= 4 is 22.8 Å². The van der Waals surface area contributed by atoms with Gasteiger partial charge in [0.25, 0.3) is 0 Å². The van der Waals surface area contributed by atoms with Gasteiger partial charge in [0.2, 0.25) is 5.78 Å². The summed E-state index contributed by atoms with van der Waals surface area (Å²) >= 11 is 0. The lowest BCUT2D eigenvalue weighted by molar-refractivity contribution is -0.113. The number of halogens is 1. The molecule has 0 heterocycles. The van der Waals surface area contributed by atoms with Crippen molar-refractivity contribution in [3.05, 3.63) is 102 Å². The smallest absolute Gasteiger partial charge is 0.207 e. The van der Waals surface area contributed by atoms with Gasteiger partial charge in [-0.15, -0.1) is 0 Å². The van der Waals surface area contributed by atoms with E-state index in [9.17, 15) is 9.18 Å². The Morgan fingerprint density at radius 1 is 1.03 bits per heavy atom. The van der Waals surface area contributed by atoms with Crippen LogP contribution in [0, 0.1) is 11.2 Å². The normalized spacial score (nSPS) is 12.0. The fraction of sp³-hybridized carbons (Fsp3) is 0.120. The van der Waals surface area contributed by atoms with E-state index in [1.807, 2.05) is 30.3 Å². The third-order valence-corrected chi connectivity index (χ3v) is 4.74. The first-order valence-electron chi connectivity index (χ1n) is 9.75. The van der Waals surface area contributed by atoms with Gasteiger partial charge >= 0.3 is 0 Å². The molecule has 0 aliphatic rings. The van der Waals surface area contributed by atoms with Gasteiger partial charge in [-0.1, -0.05) is 48.5 Å². The van der Waals surface area contributed by atoms with Crippen molar-refractivity contribution in [2.24, 2.45) is 0 Å². The van der Waals surface area contributed by atoms with E-state index in [1.165, 1.54) is 12.1 Å². The summed E-state index contributed by atoms with van der Waals surface area (Å²) < 4.78 is 18.8. The molecule has 5 nitrogen and oxygen atoms in total. The molecule has 6 heteroatoms. The van der Waals surface area contributed by atoms with E-state index >= 15 is 0 Å². The molecule has 0 aliphatic carbocycles. The van der Waals surface area contributed by atoms with E-state index in [1.54, 1.807) is 56.8 Å². The first kappa shape index (κ1) is 21.8. The van der Waals surface area contributed by atoms with Gasteiger partial charge < -0.3 is 15.4 Å². The number of carbonyl (C=O) groups is 1. The minimum atomic E-state index is -0.885. The first-order chi connectivity index (χ1) is 15.0. The Bertz CT molecular complexity index is 1080. The van der Waals surface area contributed by atoms with E-state index in [2.05, 4.69) is 10.6 Å². The number of ketones is 1. The molecular weight excluding hydrogens is 393 g/mol. The number of nitrogens with one attached hydrogen (secondary N) is 3. The Morgan fingerprint density at radius 2 is 1.74 bits per heavy atom. The third-order valence-electron chi connectivity index (χ3n) is 4.74. The largest absolute Gasteiger partial charge is 0.497 e. The van der Waals surface area contributed by atoms with E-state index < -0.39 is 17.6 Å². The number of allylic oxidation sites excluding steroid dienone is 1. The molecule has 1 atom stereocenters. The van der Waals surface area contributed by atoms with Gasteiger partial charge in [0.15, 0.2) is 0 Å². The fourth-order valence-corrected chi connectivity index (χ4v) is 3.17. The average Bonchev–Trinajstić information content (AvgIpc) is 2.81. The molecule has 31 heavy (non-hydrogen) atoms. The Hall–Kier alpha value is -3.93. The van der Waals surface area contributed by atoms with E-state index in [-0.39, 0.29) is 5.71 Å². The van der Waals surface area contributed by atoms with Crippen molar-refractivity contribution in [3.8, 4) is 5.75 Å². The van der Waals surface area contributed by atoms with Gasteiger partial charge in [-0.05, 0) is 35.4 Å². The Morgan fingerprint density at radius 3 is 2.39 bits per heavy atom. The topological polar surface area (TPSA) is 74.2 Å². The fourth-order valence-electron chi connectivity index (χ4n) is 3.17. The Kier molecular flexibility index (Phi) is 7.17. The van der Waals surface area contributed by atoms with Crippen LogP contribution in [0.5, 0.6) is 5.75 Å². The summed E-state index contributed by atoms with van der Waals surface area (Å²) in [5.74, 6) is -0.211. The van der Waals surface area contributed by atoms with Crippen LogP contribution in [0.1, 0.15) is 17.2 Å². The second-order valence-electron chi connectivity index (χ2n) is 6.81. The average molecular weight is 417 g/mol. The summed E-state index contributed by atoms with van der Waals surface area (Å²) in [6.45, 7) is 0. The van der Waals surface area contributed by atoms with Crippen LogP contribution in [0.4, 0.5) is 10.1 Å². The van der Waals surface area contributed by atoms with Crippen molar-refractivity contribution in [2.45, 2.75) is 6.04 Å². The molecule has 0 amide bonds. The highest BCUT2D eigenvalue weighted by Gasteiger charge is 2.27. The first-order valence-corrected chi connectivity index (χ1v) is 9.75. The summed E-state index contributed by atoms with van der Waals surface area (Å²) in [7, 11) is 3.28. The lowest BCUT2D eigenvalue weighted by Gasteiger charge is -2.21. The second kappa shape index (κ2) is 10.2. The zero-order chi connectivity index (χ0) is 22.2. The van der Waals surface area contributed by atoms with Gasteiger partial charge in [-0.25, -0.2) is 4.39 Å². The minimum absolute atomic E-state index is 0.162. The van der Waals surface area contributed by atoms with Crippen molar-refractivity contribution < 1.29 is 13.9 Å². The SMILES string of the molecule is CN/C=C(\C(=N)C(=O)C(Nc1cccc(OC)c1)c1ccc(F)cc1)c1ccccc1. The molecule has 0 spiro atoms. The summed E-state index contributed by atoms with van der Waals surface area (Å²) in [4.78, 5) is 13.5. The zero-order valence-electron chi connectivity index (χ0n) is 17.4.